The number of piperidine rings is 1. The Morgan fingerprint density at radius 2 is 1.86 bits per heavy atom. The lowest BCUT2D eigenvalue weighted by atomic mass is 10.0. The first-order valence-corrected chi connectivity index (χ1v) is 9.12. The van der Waals surface area contributed by atoms with Gasteiger partial charge < -0.3 is 4.90 Å². The Morgan fingerprint density at radius 1 is 1.24 bits per heavy atom. The van der Waals surface area contributed by atoms with Crippen LogP contribution in [0, 0.1) is 0 Å². The lowest BCUT2D eigenvalue weighted by Gasteiger charge is -2.37. The van der Waals surface area contributed by atoms with Crippen LogP contribution >= 0.6 is 23.4 Å². The van der Waals surface area contributed by atoms with Gasteiger partial charge in [-0.05, 0) is 55.7 Å². The van der Waals surface area contributed by atoms with E-state index in [-0.39, 0.29) is 5.91 Å². The second kappa shape index (κ2) is 6.45. The maximum absolute atomic E-state index is 12.5. The van der Waals surface area contributed by atoms with Gasteiger partial charge in [-0.1, -0.05) is 23.7 Å². The van der Waals surface area contributed by atoms with Gasteiger partial charge in [-0.3, -0.25) is 4.79 Å². The van der Waals surface area contributed by atoms with Crippen molar-refractivity contribution in [1.29, 1.82) is 0 Å². The molecule has 3 rings (SSSR count). The Morgan fingerprint density at radius 3 is 2.43 bits per heavy atom. The number of hydrogen-bond donors (Lipinski definition) is 0. The molecule has 1 aromatic rings. The number of rotatable bonds is 3. The molecule has 2 fully saturated rings. The molecule has 0 saturated carbocycles. The zero-order valence-electron chi connectivity index (χ0n) is 12.2. The molecule has 0 radical (unpaired) electrons. The van der Waals surface area contributed by atoms with Crippen molar-refractivity contribution in [1.82, 2.24) is 4.90 Å². The van der Waals surface area contributed by atoms with Crippen molar-refractivity contribution in [2.45, 2.75) is 43.0 Å². The van der Waals surface area contributed by atoms with Crippen LogP contribution in [0.2, 0.25) is 5.02 Å². The summed E-state index contributed by atoms with van der Waals surface area (Å²) in [6, 6.07) is 8.45. The molecule has 2 unspecified atom stereocenters. The highest BCUT2D eigenvalue weighted by Crippen LogP contribution is 2.39. The van der Waals surface area contributed by atoms with E-state index in [0.717, 1.165) is 28.7 Å². The van der Waals surface area contributed by atoms with Gasteiger partial charge in [0, 0.05) is 28.4 Å². The van der Waals surface area contributed by atoms with E-state index in [1.54, 1.807) is 6.08 Å². The zero-order valence-corrected chi connectivity index (χ0v) is 13.7. The summed E-state index contributed by atoms with van der Waals surface area (Å²) in [6.45, 7) is 0. The fourth-order valence-electron chi connectivity index (χ4n) is 3.51. The van der Waals surface area contributed by atoms with E-state index in [4.69, 9.17) is 11.6 Å². The minimum Gasteiger partial charge on any atom is -0.333 e. The van der Waals surface area contributed by atoms with E-state index < -0.39 is 0 Å². The van der Waals surface area contributed by atoms with E-state index in [9.17, 15) is 4.79 Å². The molecule has 2 nitrogen and oxygen atoms in total. The lowest BCUT2D eigenvalue weighted by molar-refractivity contribution is -0.129. The predicted octanol–water partition coefficient (Wildman–Crippen LogP) is 4.24. The summed E-state index contributed by atoms with van der Waals surface area (Å²) in [5.41, 5.74) is 1.01. The van der Waals surface area contributed by atoms with Crippen LogP contribution in [-0.4, -0.2) is 34.4 Å². The summed E-state index contributed by atoms with van der Waals surface area (Å²) < 4.78 is 0. The smallest absolute Gasteiger partial charge is 0.247 e. The number of carbonyl (C=O) groups is 1. The average molecular weight is 322 g/mol. The second-order valence-electron chi connectivity index (χ2n) is 5.84. The quantitative estimate of drug-likeness (QED) is 0.776. The predicted molar refractivity (Wildman–Crippen MR) is 90.7 cm³/mol. The fraction of sp³-hybridized carbons (Fsp3) is 0.471. The highest BCUT2D eigenvalue weighted by Gasteiger charge is 2.42. The molecule has 0 aliphatic carbocycles. The van der Waals surface area contributed by atoms with Crippen molar-refractivity contribution in [3.63, 3.8) is 0 Å². The molecule has 2 atom stereocenters. The molecule has 0 spiro atoms. The monoisotopic (exact) mass is 321 g/mol. The number of hydrogen-bond acceptors (Lipinski definition) is 2. The molecule has 2 bridgehead atoms. The van der Waals surface area contributed by atoms with E-state index >= 15 is 0 Å². The summed E-state index contributed by atoms with van der Waals surface area (Å²) in [5, 5.41) is 1.45. The summed E-state index contributed by atoms with van der Waals surface area (Å²) >= 11 is 7.82. The number of carbonyl (C=O) groups excluding carboxylic acids is 1. The van der Waals surface area contributed by atoms with Crippen molar-refractivity contribution >= 4 is 35.3 Å². The largest absolute Gasteiger partial charge is 0.333 e. The van der Waals surface area contributed by atoms with Crippen molar-refractivity contribution in [3.8, 4) is 0 Å². The molecule has 21 heavy (non-hydrogen) atoms. The molecule has 2 aliphatic rings. The molecule has 2 heterocycles. The van der Waals surface area contributed by atoms with Crippen molar-refractivity contribution in [2.24, 2.45) is 0 Å². The molecule has 1 aromatic carbocycles. The highest BCUT2D eigenvalue weighted by atomic mass is 35.5. The molecule has 2 aliphatic heterocycles. The average Bonchev–Trinajstić information content (AvgIpc) is 2.77. The minimum atomic E-state index is 0.164. The Bertz CT molecular complexity index is 528. The third kappa shape index (κ3) is 3.29. The number of amides is 1. The number of halogens is 1. The van der Waals surface area contributed by atoms with Crippen LogP contribution in [-0.2, 0) is 4.79 Å². The normalized spacial score (nSPS) is 28.3. The molecule has 112 valence electrons. The van der Waals surface area contributed by atoms with Gasteiger partial charge in [-0.15, -0.1) is 0 Å². The third-order valence-corrected chi connectivity index (χ3v) is 5.87. The van der Waals surface area contributed by atoms with Crippen molar-refractivity contribution in [3.05, 3.63) is 40.9 Å². The fourth-order valence-corrected chi connectivity index (χ4v) is 4.46. The van der Waals surface area contributed by atoms with Gasteiger partial charge in [-0.25, -0.2) is 0 Å². The van der Waals surface area contributed by atoms with Crippen molar-refractivity contribution < 1.29 is 4.79 Å². The Hall–Kier alpha value is -0.930. The zero-order chi connectivity index (χ0) is 14.8. The number of thioether (sulfide) groups is 1. The van der Waals surface area contributed by atoms with E-state index in [1.165, 1.54) is 12.8 Å². The maximum atomic E-state index is 12.5. The Balaban J connectivity index is 1.67. The van der Waals surface area contributed by atoms with Gasteiger partial charge in [0.2, 0.25) is 5.91 Å². The van der Waals surface area contributed by atoms with Crippen LogP contribution in [0.4, 0.5) is 0 Å². The SMILES string of the molecule is CSC1CC2CCC(C1)N2C(=O)C=Cc1ccc(Cl)cc1. The van der Waals surface area contributed by atoms with E-state index in [0.29, 0.717) is 12.1 Å². The summed E-state index contributed by atoms with van der Waals surface area (Å²) in [5.74, 6) is 0.164. The van der Waals surface area contributed by atoms with E-state index in [1.807, 2.05) is 42.1 Å². The van der Waals surface area contributed by atoms with Crippen LogP contribution in [0.3, 0.4) is 0 Å². The minimum absolute atomic E-state index is 0.164. The number of fused-ring (bicyclic) bond motifs is 2. The topological polar surface area (TPSA) is 20.3 Å². The first kappa shape index (κ1) is 15.0. The van der Waals surface area contributed by atoms with Crippen LogP contribution in [0.15, 0.2) is 30.3 Å². The molecular formula is C17H20ClNOS. The van der Waals surface area contributed by atoms with Gasteiger partial charge in [-0.2, -0.15) is 11.8 Å². The van der Waals surface area contributed by atoms with Crippen LogP contribution in [0.25, 0.3) is 6.08 Å². The highest BCUT2D eigenvalue weighted by molar-refractivity contribution is 7.99. The summed E-state index contributed by atoms with van der Waals surface area (Å²) in [7, 11) is 0. The molecule has 2 saturated heterocycles. The summed E-state index contributed by atoms with van der Waals surface area (Å²) in [4.78, 5) is 14.6. The maximum Gasteiger partial charge on any atom is 0.247 e. The van der Waals surface area contributed by atoms with E-state index in [2.05, 4.69) is 11.2 Å². The molecule has 1 amide bonds. The van der Waals surface area contributed by atoms with Crippen LogP contribution in [0.1, 0.15) is 31.2 Å². The van der Waals surface area contributed by atoms with Crippen molar-refractivity contribution in [2.75, 3.05) is 6.26 Å². The first-order valence-electron chi connectivity index (χ1n) is 7.46. The van der Waals surface area contributed by atoms with Crippen LogP contribution in [0.5, 0.6) is 0 Å². The standard InChI is InChI=1S/C17H20ClNOS/c1-21-16-10-14-7-8-15(11-16)19(14)17(20)9-4-12-2-5-13(18)6-3-12/h2-6,9,14-16H,7-8,10-11H2,1H3. The molecule has 4 heteroatoms. The van der Waals surface area contributed by atoms with Gasteiger partial charge in [0.1, 0.15) is 0 Å². The van der Waals surface area contributed by atoms with Gasteiger partial charge >= 0.3 is 0 Å². The molecule has 0 aromatic heterocycles. The first-order chi connectivity index (χ1) is 10.2. The molecular weight excluding hydrogens is 302 g/mol. The van der Waals surface area contributed by atoms with Gasteiger partial charge in [0.25, 0.3) is 0 Å². The number of benzene rings is 1. The Labute approximate surface area is 135 Å². The number of nitrogens with zero attached hydrogens (tertiary/aromatic N) is 1. The second-order valence-corrected chi connectivity index (χ2v) is 7.42. The molecule has 0 N–H and O–H groups in total. The van der Waals surface area contributed by atoms with Crippen LogP contribution < -0.4 is 0 Å². The lowest BCUT2D eigenvalue weighted by Crippen LogP contribution is -2.46. The Kier molecular flexibility index (Phi) is 4.60. The van der Waals surface area contributed by atoms with Gasteiger partial charge in [0.05, 0.1) is 0 Å². The van der Waals surface area contributed by atoms with Gasteiger partial charge in [0.15, 0.2) is 0 Å². The summed E-state index contributed by atoms with van der Waals surface area (Å²) in [6.07, 6.45) is 10.4. The third-order valence-electron chi connectivity index (χ3n) is 4.57.